The molecule has 1 saturated heterocycles. The van der Waals surface area contributed by atoms with Gasteiger partial charge >= 0.3 is 0 Å². The van der Waals surface area contributed by atoms with Crippen molar-refractivity contribution in [1.29, 1.82) is 0 Å². The topological polar surface area (TPSA) is 29.5 Å². The highest BCUT2D eigenvalue weighted by Gasteiger charge is 2.59. The lowest BCUT2D eigenvalue weighted by Gasteiger charge is -2.37. The monoisotopic (exact) mass is 238 g/mol. The molecule has 1 N–H and O–H groups in total. The summed E-state index contributed by atoms with van der Waals surface area (Å²) in [6, 6.07) is 0. The molecule has 1 saturated carbocycles. The maximum atomic E-state index is 8.98. The Kier molecular flexibility index (Phi) is 3.39. The fraction of sp³-hybridized carbons (Fsp3) is 0.867. The van der Waals surface area contributed by atoms with Crippen molar-refractivity contribution in [2.45, 2.75) is 64.6 Å². The van der Waals surface area contributed by atoms with E-state index < -0.39 is 0 Å². The molecule has 2 bridgehead atoms. The van der Waals surface area contributed by atoms with Gasteiger partial charge in [-0.15, -0.1) is 0 Å². The second kappa shape index (κ2) is 4.40. The van der Waals surface area contributed by atoms with Gasteiger partial charge in [0.15, 0.2) is 0 Å². The van der Waals surface area contributed by atoms with Crippen molar-refractivity contribution in [3.8, 4) is 0 Å². The minimum absolute atomic E-state index is 0.0542. The minimum atomic E-state index is 0.0542. The predicted molar refractivity (Wildman–Crippen MR) is 69.9 cm³/mol. The van der Waals surface area contributed by atoms with Gasteiger partial charge in [-0.25, -0.2) is 0 Å². The lowest BCUT2D eigenvalue weighted by molar-refractivity contribution is -0.127. The van der Waals surface area contributed by atoms with Gasteiger partial charge < -0.3 is 9.84 Å². The lowest BCUT2D eigenvalue weighted by Crippen LogP contribution is -2.38. The van der Waals surface area contributed by atoms with Gasteiger partial charge in [0.1, 0.15) is 0 Å². The zero-order valence-electron chi connectivity index (χ0n) is 11.6. The molecule has 0 aromatic carbocycles. The second-order valence-corrected chi connectivity index (χ2v) is 6.41. The van der Waals surface area contributed by atoms with Crippen LogP contribution in [-0.4, -0.2) is 22.9 Å². The van der Waals surface area contributed by atoms with Crippen LogP contribution in [0.1, 0.15) is 53.4 Å². The Morgan fingerprint density at radius 2 is 2.18 bits per heavy atom. The first kappa shape index (κ1) is 13.1. The summed E-state index contributed by atoms with van der Waals surface area (Å²) in [5.41, 5.74) is 1.24. The van der Waals surface area contributed by atoms with Gasteiger partial charge in [-0.2, -0.15) is 0 Å². The van der Waals surface area contributed by atoms with Gasteiger partial charge in [-0.05, 0) is 58.3 Å². The molecular weight excluding hydrogens is 212 g/mol. The molecule has 1 heterocycles. The Hall–Kier alpha value is -0.340. The Morgan fingerprint density at radius 1 is 1.47 bits per heavy atom. The molecule has 0 amide bonds. The second-order valence-electron chi connectivity index (χ2n) is 6.41. The first-order valence-electron chi connectivity index (χ1n) is 6.88. The molecule has 2 fully saturated rings. The molecule has 98 valence electrons. The number of ether oxygens (including phenoxy) is 1. The first-order chi connectivity index (χ1) is 7.91. The van der Waals surface area contributed by atoms with Crippen molar-refractivity contribution >= 4 is 0 Å². The molecule has 4 atom stereocenters. The van der Waals surface area contributed by atoms with E-state index in [0.29, 0.717) is 5.92 Å². The number of allylic oxidation sites excluding steroid dienone is 1. The van der Waals surface area contributed by atoms with E-state index in [1.807, 2.05) is 6.92 Å². The summed E-state index contributed by atoms with van der Waals surface area (Å²) in [7, 11) is 0. The zero-order chi connectivity index (χ0) is 12.7. The van der Waals surface area contributed by atoms with Gasteiger partial charge in [-0.1, -0.05) is 18.6 Å². The summed E-state index contributed by atoms with van der Waals surface area (Å²) in [4.78, 5) is 0. The van der Waals surface area contributed by atoms with E-state index in [2.05, 4.69) is 26.8 Å². The Morgan fingerprint density at radius 3 is 2.65 bits per heavy atom. The molecule has 0 spiro atoms. The van der Waals surface area contributed by atoms with Crippen LogP contribution in [0.4, 0.5) is 0 Å². The summed E-state index contributed by atoms with van der Waals surface area (Å²) in [6.07, 6.45) is 6.78. The van der Waals surface area contributed by atoms with E-state index >= 15 is 0 Å². The SMILES string of the molecule is C/C(=C\CC[C@@]1(C)O[C@@]2(C)CC[C@@H]1C2C)CO. The van der Waals surface area contributed by atoms with Crippen molar-refractivity contribution in [3.63, 3.8) is 0 Å². The molecule has 1 unspecified atom stereocenters. The van der Waals surface area contributed by atoms with Gasteiger partial charge in [0.2, 0.25) is 0 Å². The number of rotatable bonds is 4. The molecule has 1 aliphatic heterocycles. The number of aliphatic hydroxyl groups is 1. The zero-order valence-corrected chi connectivity index (χ0v) is 11.6. The van der Waals surface area contributed by atoms with Crippen LogP contribution in [0.25, 0.3) is 0 Å². The number of hydrogen-bond donors (Lipinski definition) is 1. The largest absolute Gasteiger partial charge is 0.392 e. The van der Waals surface area contributed by atoms with Gasteiger partial charge in [0.05, 0.1) is 17.8 Å². The van der Waals surface area contributed by atoms with Crippen molar-refractivity contribution in [2.75, 3.05) is 6.61 Å². The molecule has 2 heteroatoms. The van der Waals surface area contributed by atoms with E-state index in [-0.39, 0.29) is 17.8 Å². The maximum absolute atomic E-state index is 8.98. The van der Waals surface area contributed by atoms with Crippen LogP contribution in [0.3, 0.4) is 0 Å². The van der Waals surface area contributed by atoms with E-state index in [1.165, 1.54) is 12.8 Å². The number of aliphatic hydroxyl groups excluding tert-OH is 1. The average Bonchev–Trinajstić information content (AvgIpc) is 2.64. The standard InChI is InChI=1S/C15H26O2/c1-11(10-16)6-5-8-15(4)13-7-9-14(3,17-15)12(13)2/h6,12-13,16H,5,7-10H2,1-4H3/b11-6+/t12?,13-,14+,15-/m1/s1. The van der Waals surface area contributed by atoms with Crippen LogP contribution in [0, 0.1) is 11.8 Å². The smallest absolute Gasteiger partial charge is 0.0696 e. The highest BCUT2D eigenvalue weighted by atomic mass is 16.5. The van der Waals surface area contributed by atoms with Gasteiger partial charge in [0.25, 0.3) is 0 Å². The minimum Gasteiger partial charge on any atom is -0.392 e. The van der Waals surface area contributed by atoms with Crippen molar-refractivity contribution in [3.05, 3.63) is 11.6 Å². The molecular formula is C15H26O2. The molecule has 0 radical (unpaired) electrons. The van der Waals surface area contributed by atoms with Crippen LogP contribution in [0.5, 0.6) is 0 Å². The Bertz CT molecular complexity index is 323. The molecule has 17 heavy (non-hydrogen) atoms. The third-order valence-corrected chi connectivity index (χ3v) is 5.15. The fourth-order valence-electron chi connectivity index (χ4n) is 3.84. The van der Waals surface area contributed by atoms with Gasteiger partial charge in [0, 0.05) is 0 Å². The summed E-state index contributed by atoms with van der Waals surface area (Å²) in [6.45, 7) is 9.05. The van der Waals surface area contributed by atoms with Crippen molar-refractivity contribution < 1.29 is 9.84 Å². The summed E-state index contributed by atoms with van der Waals surface area (Å²) in [5.74, 6) is 1.41. The third kappa shape index (κ3) is 2.17. The molecule has 2 aliphatic rings. The average molecular weight is 238 g/mol. The maximum Gasteiger partial charge on any atom is 0.0696 e. The summed E-state index contributed by atoms with van der Waals surface area (Å²) < 4.78 is 6.37. The lowest BCUT2D eigenvalue weighted by atomic mass is 9.80. The van der Waals surface area contributed by atoms with Crippen LogP contribution in [0.2, 0.25) is 0 Å². The highest BCUT2D eigenvalue weighted by Crippen LogP contribution is 2.58. The Balaban J connectivity index is 1.98. The third-order valence-electron chi connectivity index (χ3n) is 5.15. The van der Waals surface area contributed by atoms with Gasteiger partial charge in [-0.3, -0.25) is 0 Å². The quantitative estimate of drug-likeness (QED) is 0.761. The van der Waals surface area contributed by atoms with E-state index in [0.717, 1.165) is 24.3 Å². The first-order valence-corrected chi connectivity index (χ1v) is 6.88. The van der Waals surface area contributed by atoms with E-state index in [9.17, 15) is 0 Å². The molecule has 2 nitrogen and oxygen atoms in total. The summed E-state index contributed by atoms with van der Waals surface area (Å²) >= 11 is 0. The van der Waals surface area contributed by atoms with Crippen LogP contribution < -0.4 is 0 Å². The normalized spacial score (nSPS) is 45.6. The summed E-state index contributed by atoms with van der Waals surface area (Å²) in [5, 5.41) is 8.98. The number of fused-ring (bicyclic) bond motifs is 2. The Labute approximate surface area is 105 Å². The predicted octanol–water partition coefficient (Wildman–Crippen LogP) is 3.30. The molecule has 1 aliphatic carbocycles. The van der Waals surface area contributed by atoms with E-state index in [4.69, 9.17) is 9.84 Å². The molecule has 0 aromatic heterocycles. The molecule has 0 aromatic rings. The van der Waals surface area contributed by atoms with Crippen LogP contribution >= 0.6 is 0 Å². The van der Waals surface area contributed by atoms with Crippen molar-refractivity contribution in [1.82, 2.24) is 0 Å². The van der Waals surface area contributed by atoms with Crippen LogP contribution in [0.15, 0.2) is 11.6 Å². The van der Waals surface area contributed by atoms with Crippen molar-refractivity contribution in [2.24, 2.45) is 11.8 Å². The highest BCUT2D eigenvalue weighted by molar-refractivity contribution is 5.09. The van der Waals surface area contributed by atoms with E-state index in [1.54, 1.807) is 0 Å². The van der Waals surface area contributed by atoms with Crippen LogP contribution in [-0.2, 0) is 4.74 Å². The fourth-order valence-corrected chi connectivity index (χ4v) is 3.84. The number of hydrogen-bond acceptors (Lipinski definition) is 2. The molecule has 2 rings (SSSR count).